The molecule has 0 spiro atoms. The lowest BCUT2D eigenvalue weighted by Crippen LogP contribution is -2.43. The van der Waals surface area contributed by atoms with Gasteiger partial charge in [0.2, 0.25) is 5.91 Å². The molecule has 1 N–H and O–H groups in total. The molecule has 1 amide bonds. The van der Waals surface area contributed by atoms with Gasteiger partial charge in [-0.25, -0.2) is 8.42 Å². The summed E-state index contributed by atoms with van der Waals surface area (Å²) in [7, 11) is -3.28. The van der Waals surface area contributed by atoms with E-state index in [1.54, 1.807) is 0 Å². The zero-order chi connectivity index (χ0) is 14.8. The molecule has 0 bridgehead atoms. The number of nitrogens with one attached hydrogen (secondary N) is 1. The van der Waals surface area contributed by atoms with Crippen LogP contribution in [0.4, 0.5) is 0 Å². The zero-order valence-electron chi connectivity index (χ0n) is 11.3. The number of carbonyl (C=O) groups is 1. The molecule has 0 saturated carbocycles. The smallest absolute Gasteiger partial charge is 0.238 e. The summed E-state index contributed by atoms with van der Waals surface area (Å²) in [6.07, 6.45) is 1.88. The van der Waals surface area contributed by atoms with Crippen LogP contribution >= 0.6 is 15.9 Å². The molecule has 2 atom stereocenters. The van der Waals surface area contributed by atoms with Crippen molar-refractivity contribution in [3.05, 3.63) is 34.3 Å². The number of carbonyl (C=O) groups excluding carboxylic acids is 1. The third-order valence-corrected chi connectivity index (χ3v) is 6.25. The number of rotatable bonds is 3. The van der Waals surface area contributed by atoms with Gasteiger partial charge in [0, 0.05) is 4.47 Å². The minimum absolute atomic E-state index is 0.121. The molecule has 1 aromatic carbocycles. The van der Waals surface area contributed by atoms with Crippen LogP contribution in [0.5, 0.6) is 0 Å². The van der Waals surface area contributed by atoms with E-state index in [0.717, 1.165) is 16.5 Å². The van der Waals surface area contributed by atoms with E-state index in [2.05, 4.69) is 21.2 Å². The highest BCUT2D eigenvalue weighted by molar-refractivity contribution is 9.10. The van der Waals surface area contributed by atoms with Gasteiger partial charge in [0.15, 0.2) is 9.84 Å². The van der Waals surface area contributed by atoms with Crippen LogP contribution in [0.3, 0.4) is 0 Å². The lowest BCUT2D eigenvalue weighted by Gasteiger charge is -2.23. The van der Waals surface area contributed by atoms with E-state index in [1.165, 1.54) is 0 Å². The van der Waals surface area contributed by atoms with Gasteiger partial charge in [0.05, 0.1) is 11.8 Å². The summed E-state index contributed by atoms with van der Waals surface area (Å²) in [6, 6.07) is 7.41. The van der Waals surface area contributed by atoms with Gasteiger partial charge in [0.25, 0.3) is 0 Å². The fraction of sp³-hybridized carbons (Fsp3) is 0.500. The topological polar surface area (TPSA) is 63.2 Å². The molecule has 4 nitrogen and oxygen atoms in total. The molecule has 0 radical (unpaired) electrons. The summed E-state index contributed by atoms with van der Waals surface area (Å²) >= 11 is 3.38. The molecule has 1 heterocycles. The normalized spacial score (nSPS) is 23.0. The van der Waals surface area contributed by atoms with Crippen LogP contribution in [-0.2, 0) is 14.6 Å². The summed E-state index contributed by atoms with van der Waals surface area (Å²) in [5.41, 5.74) is 0.945. The Morgan fingerprint density at radius 1 is 1.40 bits per heavy atom. The highest BCUT2D eigenvalue weighted by Gasteiger charge is 2.35. The standard InChI is InChI=1S/C14H18BrNO3S/c1-10(11-5-4-6-12(15)9-11)16-14(17)13-7-2-3-8-20(13,18)19/h4-6,9-10,13H,2-3,7-8H2,1H3,(H,16,17). The molecule has 1 aromatic rings. The number of benzene rings is 1. The van der Waals surface area contributed by atoms with E-state index in [1.807, 2.05) is 31.2 Å². The van der Waals surface area contributed by atoms with Crippen molar-refractivity contribution in [3.63, 3.8) is 0 Å². The SMILES string of the molecule is CC(NC(=O)C1CCCCS1(=O)=O)c1cccc(Br)c1. The maximum atomic E-state index is 12.2. The second-order valence-electron chi connectivity index (χ2n) is 5.14. The minimum Gasteiger partial charge on any atom is -0.348 e. The fourth-order valence-electron chi connectivity index (χ4n) is 2.41. The average molecular weight is 360 g/mol. The van der Waals surface area contributed by atoms with Gasteiger partial charge in [-0.15, -0.1) is 0 Å². The van der Waals surface area contributed by atoms with E-state index in [0.29, 0.717) is 12.8 Å². The number of sulfone groups is 1. The zero-order valence-corrected chi connectivity index (χ0v) is 13.7. The molecule has 1 aliphatic heterocycles. The van der Waals surface area contributed by atoms with Crippen molar-refractivity contribution in [2.45, 2.75) is 37.5 Å². The van der Waals surface area contributed by atoms with Gasteiger partial charge in [-0.3, -0.25) is 4.79 Å². The van der Waals surface area contributed by atoms with Crippen molar-refractivity contribution < 1.29 is 13.2 Å². The maximum Gasteiger partial charge on any atom is 0.238 e. The Bertz CT molecular complexity index is 600. The van der Waals surface area contributed by atoms with Gasteiger partial charge in [-0.1, -0.05) is 34.5 Å². The Hall–Kier alpha value is -0.880. The Morgan fingerprint density at radius 2 is 2.15 bits per heavy atom. The summed E-state index contributed by atoms with van der Waals surface area (Å²) < 4.78 is 24.8. The van der Waals surface area contributed by atoms with Crippen molar-refractivity contribution in [3.8, 4) is 0 Å². The van der Waals surface area contributed by atoms with Crippen LogP contribution in [0, 0.1) is 0 Å². The molecule has 2 unspecified atom stereocenters. The monoisotopic (exact) mass is 359 g/mol. The summed E-state index contributed by atoms with van der Waals surface area (Å²) in [5.74, 6) is -0.256. The number of hydrogen-bond donors (Lipinski definition) is 1. The number of amides is 1. The second-order valence-corrected chi connectivity index (χ2v) is 8.36. The van der Waals surface area contributed by atoms with Gasteiger partial charge in [0.1, 0.15) is 5.25 Å². The molecule has 1 fully saturated rings. The predicted octanol–water partition coefficient (Wildman–Crippen LogP) is 2.59. The number of hydrogen-bond acceptors (Lipinski definition) is 3. The third-order valence-electron chi connectivity index (χ3n) is 3.58. The average Bonchev–Trinajstić information content (AvgIpc) is 2.37. The molecule has 2 rings (SSSR count). The van der Waals surface area contributed by atoms with E-state index >= 15 is 0 Å². The van der Waals surface area contributed by atoms with Gasteiger partial charge in [-0.2, -0.15) is 0 Å². The Kier molecular flexibility index (Phi) is 4.86. The van der Waals surface area contributed by atoms with Crippen molar-refractivity contribution in [2.24, 2.45) is 0 Å². The summed E-state index contributed by atoms with van der Waals surface area (Å²) in [4.78, 5) is 12.2. The Balaban J connectivity index is 2.07. The fourth-order valence-corrected chi connectivity index (χ4v) is 4.64. The van der Waals surface area contributed by atoms with Crippen LogP contribution in [0.25, 0.3) is 0 Å². The third kappa shape index (κ3) is 3.61. The quantitative estimate of drug-likeness (QED) is 0.901. The first kappa shape index (κ1) is 15.5. The molecule has 0 aromatic heterocycles. The molecule has 6 heteroatoms. The molecule has 110 valence electrons. The van der Waals surface area contributed by atoms with Crippen molar-refractivity contribution in [1.82, 2.24) is 5.32 Å². The van der Waals surface area contributed by atoms with E-state index in [9.17, 15) is 13.2 Å². The van der Waals surface area contributed by atoms with E-state index < -0.39 is 15.1 Å². The van der Waals surface area contributed by atoms with Crippen molar-refractivity contribution >= 4 is 31.7 Å². The van der Waals surface area contributed by atoms with Crippen molar-refractivity contribution in [1.29, 1.82) is 0 Å². The lowest BCUT2D eigenvalue weighted by atomic mass is 10.1. The van der Waals surface area contributed by atoms with Crippen LogP contribution < -0.4 is 5.32 Å². The van der Waals surface area contributed by atoms with Crippen LogP contribution in [0.1, 0.15) is 37.8 Å². The largest absolute Gasteiger partial charge is 0.348 e. The highest BCUT2D eigenvalue weighted by atomic mass is 79.9. The molecule has 0 aliphatic carbocycles. The Morgan fingerprint density at radius 3 is 2.80 bits per heavy atom. The molecular weight excluding hydrogens is 342 g/mol. The predicted molar refractivity (Wildman–Crippen MR) is 82.1 cm³/mol. The minimum atomic E-state index is -3.28. The molecule has 1 aliphatic rings. The first-order valence-electron chi connectivity index (χ1n) is 6.67. The summed E-state index contributed by atoms with van der Waals surface area (Å²) in [5, 5.41) is 1.93. The summed E-state index contributed by atoms with van der Waals surface area (Å²) in [6.45, 7) is 1.86. The van der Waals surface area contributed by atoms with Crippen LogP contribution in [0.2, 0.25) is 0 Å². The van der Waals surface area contributed by atoms with Crippen molar-refractivity contribution in [2.75, 3.05) is 5.75 Å². The van der Waals surface area contributed by atoms with E-state index in [-0.39, 0.29) is 17.7 Å². The van der Waals surface area contributed by atoms with Gasteiger partial charge in [-0.05, 0) is 37.5 Å². The Labute approximate surface area is 128 Å². The van der Waals surface area contributed by atoms with E-state index in [4.69, 9.17) is 0 Å². The van der Waals surface area contributed by atoms with Crippen LogP contribution in [0.15, 0.2) is 28.7 Å². The first-order chi connectivity index (χ1) is 9.40. The lowest BCUT2D eigenvalue weighted by molar-refractivity contribution is -0.121. The molecular formula is C14H18BrNO3S. The van der Waals surface area contributed by atoms with Gasteiger partial charge < -0.3 is 5.32 Å². The first-order valence-corrected chi connectivity index (χ1v) is 9.18. The van der Waals surface area contributed by atoms with Crippen LogP contribution in [-0.4, -0.2) is 25.3 Å². The molecule has 20 heavy (non-hydrogen) atoms. The maximum absolute atomic E-state index is 12.2. The number of halogens is 1. The highest BCUT2D eigenvalue weighted by Crippen LogP contribution is 2.22. The second kappa shape index (κ2) is 6.26. The van der Waals surface area contributed by atoms with Gasteiger partial charge >= 0.3 is 0 Å². The molecule has 1 saturated heterocycles.